The lowest BCUT2D eigenvalue weighted by atomic mass is 10.1. The molecule has 3 aromatic rings. The first-order valence-electron chi connectivity index (χ1n) is 10.0. The van der Waals surface area contributed by atoms with E-state index in [2.05, 4.69) is 32.4 Å². The van der Waals surface area contributed by atoms with Crippen LogP contribution in [-0.2, 0) is 13.1 Å². The van der Waals surface area contributed by atoms with Crippen molar-refractivity contribution in [2.45, 2.75) is 26.9 Å². The van der Waals surface area contributed by atoms with E-state index in [0.717, 1.165) is 17.1 Å². The second-order valence-corrected chi connectivity index (χ2v) is 7.25. The molecular weight excluding hydrogens is 394 g/mol. The highest BCUT2D eigenvalue weighted by Crippen LogP contribution is 2.34. The Bertz CT molecular complexity index is 1170. The summed E-state index contributed by atoms with van der Waals surface area (Å²) in [6.07, 6.45) is 0. The first-order chi connectivity index (χ1) is 14.9. The maximum absolute atomic E-state index is 12.7. The molecule has 2 aromatic carbocycles. The van der Waals surface area contributed by atoms with Gasteiger partial charge in [0.15, 0.2) is 11.5 Å². The molecule has 0 fully saturated rings. The largest absolute Gasteiger partial charge is 0.493 e. The first-order valence-corrected chi connectivity index (χ1v) is 10.0. The maximum Gasteiger partial charge on any atom is 0.281 e. The van der Waals surface area contributed by atoms with Gasteiger partial charge in [-0.25, -0.2) is 0 Å². The summed E-state index contributed by atoms with van der Waals surface area (Å²) < 4.78 is 10.8. The number of ether oxygens (including phenoxy) is 2. The average Bonchev–Trinajstić information content (AvgIpc) is 2.77. The fourth-order valence-corrected chi connectivity index (χ4v) is 3.53. The first kappa shape index (κ1) is 22.3. The van der Waals surface area contributed by atoms with Gasteiger partial charge in [0, 0.05) is 38.0 Å². The topological polar surface area (TPSA) is 91.8 Å². The normalized spacial score (nSPS) is 11.6. The summed E-state index contributed by atoms with van der Waals surface area (Å²) in [6.45, 7) is 4.86. The summed E-state index contributed by atoms with van der Waals surface area (Å²) in [7, 11) is 6.90. The third kappa shape index (κ3) is 4.69. The predicted molar refractivity (Wildman–Crippen MR) is 125 cm³/mol. The van der Waals surface area contributed by atoms with E-state index in [9.17, 15) is 4.79 Å². The van der Waals surface area contributed by atoms with Gasteiger partial charge in [0.05, 0.1) is 37.5 Å². The van der Waals surface area contributed by atoms with Crippen LogP contribution in [0.15, 0.2) is 40.1 Å². The molecule has 8 nitrogen and oxygen atoms in total. The number of methoxy groups -OCH3 is 2. The number of nitrogens with zero attached hydrogens (tertiary/aromatic N) is 3. The van der Waals surface area contributed by atoms with Crippen molar-refractivity contribution in [2.24, 2.45) is 4.99 Å². The van der Waals surface area contributed by atoms with Crippen LogP contribution in [0, 0.1) is 6.92 Å². The number of hydrogen-bond acceptors (Lipinski definition) is 6. The smallest absolute Gasteiger partial charge is 0.281 e. The Morgan fingerprint density at radius 1 is 1.23 bits per heavy atom. The molecule has 0 aliphatic heterocycles. The quantitative estimate of drug-likeness (QED) is 0.448. The number of fused-ring (bicyclic) bond motifs is 1. The number of aryl methyl sites for hydroxylation is 1. The van der Waals surface area contributed by atoms with Gasteiger partial charge < -0.3 is 24.7 Å². The zero-order chi connectivity index (χ0) is 22.5. The summed E-state index contributed by atoms with van der Waals surface area (Å²) >= 11 is 0. The van der Waals surface area contributed by atoms with Gasteiger partial charge >= 0.3 is 0 Å². The molecule has 164 valence electrons. The Morgan fingerprint density at radius 3 is 2.68 bits per heavy atom. The van der Waals surface area contributed by atoms with E-state index in [4.69, 9.17) is 9.47 Å². The van der Waals surface area contributed by atoms with E-state index in [1.807, 2.05) is 37.9 Å². The number of rotatable bonds is 7. The van der Waals surface area contributed by atoms with Gasteiger partial charge in [-0.05, 0) is 31.5 Å². The minimum Gasteiger partial charge on any atom is -0.493 e. The van der Waals surface area contributed by atoms with Crippen LogP contribution in [0.3, 0.4) is 0 Å². The number of benzene rings is 2. The van der Waals surface area contributed by atoms with Crippen molar-refractivity contribution in [1.82, 2.24) is 15.3 Å². The van der Waals surface area contributed by atoms with Crippen molar-refractivity contribution in [3.63, 3.8) is 0 Å². The minimum absolute atomic E-state index is 0.290. The zero-order valence-corrected chi connectivity index (χ0v) is 18.9. The molecule has 1 aromatic heterocycles. The monoisotopic (exact) mass is 423 g/mol. The molecule has 31 heavy (non-hydrogen) atoms. The van der Waals surface area contributed by atoms with E-state index in [1.54, 1.807) is 27.3 Å². The molecule has 0 amide bonds. The third-order valence-corrected chi connectivity index (χ3v) is 5.37. The second kappa shape index (κ2) is 9.61. The van der Waals surface area contributed by atoms with E-state index >= 15 is 0 Å². The number of anilines is 1. The van der Waals surface area contributed by atoms with Gasteiger partial charge in [-0.3, -0.25) is 9.79 Å². The van der Waals surface area contributed by atoms with E-state index in [1.165, 1.54) is 0 Å². The lowest BCUT2D eigenvalue weighted by Crippen LogP contribution is -2.23. The molecule has 0 aliphatic rings. The van der Waals surface area contributed by atoms with Gasteiger partial charge in [0.1, 0.15) is 5.82 Å². The summed E-state index contributed by atoms with van der Waals surface area (Å²) in [6, 6.07) is 10.00. The number of hydrogen-bond donors (Lipinski definition) is 2. The number of aromatic amines is 1. The van der Waals surface area contributed by atoms with Gasteiger partial charge in [0.25, 0.3) is 5.56 Å². The molecule has 1 heterocycles. The van der Waals surface area contributed by atoms with Crippen molar-refractivity contribution < 1.29 is 9.47 Å². The summed E-state index contributed by atoms with van der Waals surface area (Å²) in [5, 5.41) is 3.85. The number of aromatic nitrogens is 2. The minimum atomic E-state index is -0.290. The molecule has 0 aliphatic carbocycles. The van der Waals surface area contributed by atoms with E-state index < -0.39 is 0 Å². The average molecular weight is 424 g/mol. The fraction of sp³-hybridized carbons (Fsp3) is 0.348. The predicted octanol–water partition coefficient (Wildman–Crippen LogP) is 3.02. The van der Waals surface area contributed by atoms with Crippen LogP contribution in [0.25, 0.3) is 10.9 Å². The fourth-order valence-electron chi connectivity index (χ4n) is 3.53. The standard InChI is InChI=1S/C23H29N5O3/c1-14-21-18(11-19(30-5)22(14)31-6)26-20(27-23(21)29)13-25-12-16-8-7-9-17(10-16)28(4)15(2)24-3/h7-11,25H,12-13H2,1-6H3,(H,26,27,29)/b24-15+. The zero-order valence-electron chi connectivity index (χ0n) is 18.9. The summed E-state index contributed by atoms with van der Waals surface area (Å²) in [4.78, 5) is 26.4. The Morgan fingerprint density at radius 2 is 2.00 bits per heavy atom. The van der Waals surface area contributed by atoms with Crippen molar-refractivity contribution in [3.8, 4) is 11.5 Å². The molecule has 0 atom stereocenters. The van der Waals surface area contributed by atoms with Crippen LogP contribution in [0.2, 0.25) is 0 Å². The van der Waals surface area contributed by atoms with Crippen molar-refractivity contribution in [3.05, 3.63) is 57.6 Å². The van der Waals surface area contributed by atoms with E-state index in [-0.39, 0.29) is 5.56 Å². The van der Waals surface area contributed by atoms with Crippen LogP contribution < -0.4 is 25.2 Å². The van der Waals surface area contributed by atoms with Gasteiger partial charge in [0.2, 0.25) is 0 Å². The molecule has 0 saturated carbocycles. The number of aliphatic imine (C=N–C) groups is 1. The Kier molecular flexibility index (Phi) is 6.91. The van der Waals surface area contributed by atoms with Crippen LogP contribution >= 0.6 is 0 Å². The highest BCUT2D eigenvalue weighted by molar-refractivity contribution is 5.95. The van der Waals surface area contributed by atoms with E-state index in [0.29, 0.717) is 46.9 Å². The molecule has 2 N–H and O–H groups in total. The van der Waals surface area contributed by atoms with Gasteiger partial charge in [-0.2, -0.15) is 4.98 Å². The molecular formula is C23H29N5O3. The Labute approximate surface area is 181 Å². The number of nitrogens with one attached hydrogen (secondary N) is 2. The van der Waals surface area contributed by atoms with Crippen LogP contribution in [0.1, 0.15) is 23.9 Å². The summed E-state index contributed by atoms with van der Waals surface area (Å²) in [5.74, 6) is 2.61. The molecule has 0 spiro atoms. The molecule has 8 heteroatoms. The van der Waals surface area contributed by atoms with Crippen molar-refractivity contribution in [2.75, 3.05) is 33.2 Å². The van der Waals surface area contributed by atoms with Gasteiger partial charge in [-0.1, -0.05) is 12.1 Å². The lowest BCUT2D eigenvalue weighted by Gasteiger charge is -2.19. The van der Waals surface area contributed by atoms with Gasteiger partial charge in [-0.15, -0.1) is 0 Å². The molecule has 0 saturated heterocycles. The third-order valence-electron chi connectivity index (χ3n) is 5.37. The van der Waals surface area contributed by atoms with Crippen LogP contribution in [0.5, 0.6) is 11.5 Å². The molecule has 0 unspecified atom stereocenters. The molecule has 0 radical (unpaired) electrons. The maximum atomic E-state index is 12.7. The van der Waals surface area contributed by atoms with Crippen molar-refractivity contribution >= 4 is 22.4 Å². The lowest BCUT2D eigenvalue weighted by molar-refractivity contribution is 0.354. The van der Waals surface area contributed by atoms with Crippen molar-refractivity contribution in [1.29, 1.82) is 0 Å². The molecule has 0 bridgehead atoms. The SMILES string of the molecule is C/N=C(\C)N(C)c1cccc(CNCc2nc(=O)c3c(C)c(OC)c(OC)cc3[nH]2)c1. The number of H-pyrrole nitrogens is 1. The Hall–Kier alpha value is -3.39. The molecule has 3 rings (SSSR count). The number of amidine groups is 1. The highest BCUT2D eigenvalue weighted by Gasteiger charge is 2.15. The second-order valence-electron chi connectivity index (χ2n) is 7.25. The van der Waals surface area contributed by atoms with Crippen LogP contribution in [-0.4, -0.2) is 44.1 Å². The Balaban J connectivity index is 1.79. The van der Waals surface area contributed by atoms with Crippen LogP contribution in [0.4, 0.5) is 5.69 Å². The summed E-state index contributed by atoms with van der Waals surface area (Å²) in [5.41, 5.74) is 3.28. The highest BCUT2D eigenvalue weighted by atomic mass is 16.5.